The molecule has 1 aromatic rings. The predicted molar refractivity (Wildman–Crippen MR) is 42.4 cm³/mol. The summed E-state index contributed by atoms with van der Waals surface area (Å²) in [5.74, 6) is 0. The fourth-order valence-electron chi connectivity index (χ4n) is 0.832. The lowest BCUT2D eigenvalue weighted by Gasteiger charge is -1.94. The first kappa shape index (κ1) is 7.89. The average molecular weight is 179 g/mol. The summed E-state index contributed by atoms with van der Waals surface area (Å²) < 4.78 is 1.70. The van der Waals surface area contributed by atoms with E-state index in [2.05, 4.69) is 5.10 Å². The van der Waals surface area contributed by atoms with Crippen LogP contribution in [0.5, 0.6) is 0 Å². The molecule has 0 unspecified atom stereocenters. The van der Waals surface area contributed by atoms with Crippen LogP contribution >= 0.6 is 23.2 Å². The van der Waals surface area contributed by atoms with Crippen LogP contribution in [0.2, 0.25) is 0 Å². The quantitative estimate of drug-likeness (QED) is 0.604. The van der Waals surface area contributed by atoms with E-state index in [0.29, 0.717) is 0 Å². The topological polar surface area (TPSA) is 17.8 Å². The standard InChI is InChI=1S/C6H8Cl2N2/c1-4-5(6(7)8)3-10(2)9-4/h3,6H,1-2H3. The molecule has 1 heterocycles. The van der Waals surface area contributed by atoms with Crippen molar-refractivity contribution in [3.05, 3.63) is 17.5 Å². The van der Waals surface area contributed by atoms with Gasteiger partial charge in [-0.2, -0.15) is 5.10 Å². The van der Waals surface area contributed by atoms with Crippen molar-refractivity contribution < 1.29 is 0 Å². The zero-order valence-electron chi connectivity index (χ0n) is 5.81. The van der Waals surface area contributed by atoms with Gasteiger partial charge in [0.15, 0.2) is 0 Å². The van der Waals surface area contributed by atoms with Gasteiger partial charge in [0.25, 0.3) is 0 Å². The molecular formula is C6H8Cl2N2. The molecule has 0 aliphatic heterocycles. The third kappa shape index (κ3) is 1.44. The molecule has 0 atom stereocenters. The number of hydrogen-bond acceptors (Lipinski definition) is 1. The van der Waals surface area contributed by atoms with Gasteiger partial charge < -0.3 is 0 Å². The molecule has 2 nitrogen and oxygen atoms in total. The number of alkyl halides is 2. The fourth-order valence-corrected chi connectivity index (χ4v) is 1.26. The predicted octanol–water partition coefficient (Wildman–Crippen LogP) is 2.20. The lowest BCUT2D eigenvalue weighted by molar-refractivity contribution is 0.756. The van der Waals surface area contributed by atoms with Gasteiger partial charge in [0, 0.05) is 18.8 Å². The van der Waals surface area contributed by atoms with Crippen LogP contribution in [-0.4, -0.2) is 9.78 Å². The van der Waals surface area contributed by atoms with E-state index in [4.69, 9.17) is 23.2 Å². The van der Waals surface area contributed by atoms with Crippen molar-refractivity contribution in [1.29, 1.82) is 0 Å². The normalized spacial score (nSPS) is 10.9. The average Bonchev–Trinajstić information content (AvgIpc) is 2.10. The molecule has 4 heteroatoms. The summed E-state index contributed by atoms with van der Waals surface area (Å²) in [5.41, 5.74) is 1.77. The highest BCUT2D eigenvalue weighted by Gasteiger charge is 2.09. The van der Waals surface area contributed by atoms with E-state index in [1.54, 1.807) is 4.68 Å². The summed E-state index contributed by atoms with van der Waals surface area (Å²) >= 11 is 11.3. The Kier molecular flexibility index (Phi) is 2.21. The van der Waals surface area contributed by atoms with Crippen LogP contribution in [0.4, 0.5) is 0 Å². The molecule has 0 bridgehead atoms. The van der Waals surface area contributed by atoms with Gasteiger partial charge in [0.1, 0.15) is 4.84 Å². The summed E-state index contributed by atoms with van der Waals surface area (Å²) in [6.07, 6.45) is 1.82. The van der Waals surface area contributed by atoms with E-state index in [9.17, 15) is 0 Å². The molecule has 0 radical (unpaired) electrons. The minimum atomic E-state index is -0.464. The van der Waals surface area contributed by atoms with Crippen molar-refractivity contribution in [3.8, 4) is 0 Å². The minimum Gasteiger partial charge on any atom is -0.275 e. The van der Waals surface area contributed by atoms with Gasteiger partial charge in [0.2, 0.25) is 0 Å². The molecule has 0 amide bonds. The first-order valence-electron chi connectivity index (χ1n) is 2.89. The molecule has 0 aromatic carbocycles. The van der Waals surface area contributed by atoms with Crippen molar-refractivity contribution in [1.82, 2.24) is 9.78 Å². The van der Waals surface area contributed by atoms with Crippen molar-refractivity contribution in [3.63, 3.8) is 0 Å². The van der Waals surface area contributed by atoms with Gasteiger partial charge in [-0.15, -0.1) is 0 Å². The number of aromatic nitrogens is 2. The smallest absolute Gasteiger partial charge is 0.136 e. The number of hydrogen-bond donors (Lipinski definition) is 0. The highest BCUT2D eigenvalue weighted by atomic mass is 35.5. The van der Waals surface area contributed by atoms with E-state index in [0.717, 1.165) is 11.3 Å². The minimum absolute atomic E-state index is 0.464. The van der Waals surface area contributed by atoms with Crippen LogP contribution in [0.1, 0.15) is 16.1 Å². The molecule has 0 aliphatic carbocycles. The van der Waals surface area contributed by atoms with E-state index < -0.39 is 4.84 Å². The number of aryl methyl sites for hydroxylation is 2. The maximum absolute atomic E-state index is 5.63. The maximum atomic E-state index is 5.63. The second kappa shape index (κ2) is 2.81. The van der Waals surface area contributed by atoms with Gasteiger partial charge in [0.05, 0.1) is 5.69 Å². The third-order valence-electron chi connectivity index (χ3n) is 1.29. The Hall–Kier alpha value is -0.210. The second-order valence-corrected chi connectivity index (χ2v) is 3.24. The van der Waals surface area contributed by atoms with Crippen LogP contribution in [0.25, 0.3) is 0 Å². The molecule has 1 rings (SSSR count). The van der Waals surface area contributed by atoms with Crippen molar-refractivity contribution in [2.45, 2.75) is 11.8 Å². The highest BCUT2D eigenvalue weighted by Crippen LogP contribution is 2.26. The Morgan fingerprint density at radius 3 is 2.40 bits per heavy atom. The van der Waals surface area contributed by atoms with E-state index in [1.807, 2.05) is 20.2 Å². The Labute approximate surface area is 69.7 Å². The summed E-state index contributed by atoms with van der Waals surface area (Å²) in [7, 11) is 1.84. The molecule has 56 valence electrons. The van der Waals surface area contributed by atoms with Crippen molar-refractivity contribution >= 4 is 23.2 Å². The van der Waals surface area contributed by atoms with Crippen LogP contribution in [0.3, 0.4) is 0 Å². The lowest BCUT2D eigenvalue weighted by Crippen LogP contribution is -1.86. The molecule has 0 N–H and O–H groups in total. The fraction of sp³-hybridized carbons (Fsp3) is 0.500. The molecule has 10 heavy (non-hydrogen) atoms. The summed E-state index contributed by atoms with van der Waals surface area (Å²) in [6.45, 7) is 1.88. The first-order chi connectivity index (χ1) is 4.61. The van der Waals surface area contributed by atoms with Gasteiger partial charge in [-0.25, -0.2) is 0 Å². The zero-order chi connectivity index (χ0) is 7.72. The first-order valence-corrected chi connectivity index (χ1v) is 3.77. The Morgan fingerprint density at radius 1 is 1.60 bits per heavy atom. The Bertz CT molecular complexity index is 230. The van der Waals surface area contributed by atoms with Gasteiger partial charge in [-0.1, -0.05) is 23.2 Å². The van der Waals surface area contributed by atoms with Crippen LogP contribution in [0.15, 0.2) is 6.20 Å². The molecular weight excluding hydrogens is 171 g/mol. The Morgan fingerprint density at radius 2 is 2.20 bits per heavy atom. The third-order valence-corrected chi connectivity index (χ3v) is 1.76. The molecule has 0 spiro atoms. The van der Waals surface area contributed by atoms with Crippen LogP contribution in [-0.2, 0) is 7.05 Å². The SMILES string of the molecule is Cc1nn(C)cc1C(Cl)Cl. The van der Waals surface area contributed by atoms with Gasteiger partial charge in [-0.05, 0) is 6.92 Å². The molecule has 0 fully saturated rings. The zero-order valence-corrected chi connectivity index (χ0v) is 7.32. The van der Waals surface area contributed by atoms with Crippen LogP contribution < -0.4 is 0 Å². The highest BCUT2D eigenvalue weighted by molar-refractivity contribution is 6.44. The van der Waals surface area contributed by atoms with Crippen molar-refractivity contribution in [2.75, 3.05) is 0 Å². The molecule has 0 saturated carbocycles. The van der Waals surface area contributed by atoms with Crippen LogP contribution in [0, 0.1) is 6.92 Å². The van der Waals surface area contributed by atoms with E-state index in [-0.39, 0.29) is 0 Å². The monoisotopic (exact) mass is 178 g/mol. The van der Waals surface area contributed by atoms with Crippen molar-refractivity contribution in [2.24, 2.45) is 7.05 Å². The second-order valence-electron chi connectivity index (χ2n) is 2.14. The summed E-state index contributed by atoms with van der Waals surface area (Å²) in [6, 6.07) is 0. The van der Waals surface area contributed by atoms with Gasteiger partial charge >= 0.3 is 0 Å². The molecule has 0 aliphatic rings. The Balaban J connectivity index is 3.03. The molecule has 1 aromatic heterocycles. The van der Waals surface area contributed by atoms with Gasteiger partial charge in [-0.3, -0.25) is 4.68 Å². The van der Waals surface area contributed by atoms with E-state index in [1.165, 1.54) is 0 Å². The van der Waals surface area contributed by atoms with E-state index >= 15 is 0 Å². The number of rotatable bonds is 1. The number of halogens is 2. The number of nitrogens with zero attached hydrogens (tertiary/aromatic N) is 2. The lowest BCUT2D eigenvalue weighted by atomic mass is 10.3. The summed E-state index contributed by atoms with van der Waals surface area (Å²) in [4.78, 5) is -0.464. The largest absolute Gasteiger partial charge is 0.275 e. The molecule has 0 saturated heterocycles. The maximum Gasteiger partial charge on any atom is 0.136 e. The summed E-state index contributed by atoms with van der Waals surface area (Å²) in [5, 5.41) is 4.08.